The average molecular weight is 341 g/mol. The van der Waals surface area contributed by atoms with Crippen molar-refractivity contribution in [2.24, 2.45) is 0 Å². The average Bonchev–Trinajstić information content (AvgIpc) is 2.29. The number of aromatic hydroxyl groups is 1. The summed E-state index contributed by atoms with van der Waals surface area (Å²) in [5, 5.41) is 8.81. The molecule has 0 aliphatic carbocycles. The van der Waals surface area contributed by atoms with Crippen LogP contribution in [0.4, 0.5) is 0 Å². The monoisotopic (exact) mass is 342 g/mol. The van der Waals surface area contributed by atoms with Crippen LogP contribution >= 0.6 is 0 Å². The van der Waals surface area contributed by atoms with Crippen LogP contribution in [0.3, 0.4) is 0 Å². The van der Waals surface area contributed by atoms with Crippen LogP contribution in [0.1, 0.15) is 45.1 Å². The quantitative estimate of drug-likeness (QED) is 0.581. The van der Waals surface area contributed by atoms with Gasteiger partial charge in [-0.3, -0.25) is 0 Å². The van der Waals surface area contributed by atoms with Gasteiger partial charge in [0.15, 0.2) is 0 Å². The molecule has 0 saturated carbocycles. The van der Waals surface area contributed by atoms with E-state index in [2.05, 4.69) is 13.8 Å². The van der Waals surface area contributed by atoms with E-state index in [0.717, 1.165) is 5.56 Å². The van der Waals surface area contributed by atoms with Crippen molar-refractivity contribution in [2.75, 3.05) is 0 Å². The Labute approximate surface area is 117 Å². The first-order chi connectivity index (χ1) is 8.20. The molecule has 0 fully saturated rings. The Kier molecular flexibility index (Phi) is 12.1. The Morgan fingerprint density at radius 2 is 1.65 bits per heavy atom. The summed E-state index contributed by atoms with van der Waals surface area (Å²) in [4.78, 5) is 0. The van der Waals surface area contributed by atoms with Gasteiger partial charge >= 0.3 is 69.5 Å². The first kappa shape index (κ1) is 16.8. The maximum absolute atomic E-state index is 8.81. The zero-order valence-electron chi connectivity index (χ0n) is 11.5. The maximum Gasteiger partial charge on any atom is 0.115 e. The normalized spacial score (nSPS) is 9.12. The van der Waals surface area contributed by atoms with E-state index < -0.39 is 0 Å². The van der Waals surface area contributed by atoms with Crippen LogP contribution in [0.15, 0.2) is 24.3 Å². The fourth-order valence-electron chi connectivity index (χ4n) is 1.36. The van der Waals surface area contributed by atoms with Crippen LogP contribution in [0.2, 0.25) is 8.87 Å². The summed E-state index contributed by atoms with van der Waals surface area (Å²) in [6.45, 7) is 6.53. The predicted octanol–water partition coefficient (Wildman–Crippen LogP) is 4.83. The summed E-state index contributed by atoms with van der Waals surface area (Å²) in [5.41, 5.74) is 1.09. The summed E-state index contributed by atoms with van der Waals surface area (Å²) < 4.78 is 3.25. The molecule has 0 atom stereocenters. The molecule has 0 aromatic heterocycles. The van der Waals surface area contributed by atoms with Crippen molar-refractivity contribution in [3.05, 3.63) is 29.8 Å². The summed E-state index contributed by atoms with van der Waals surface area (Å²) in [5.74, 6) is 0.338. The Morgan fingerprint density at radius 1 is 1.06 bits per heavy atom. The second-order valence-electron chi connectivity index (χ2n) is 4.30. The summed E-state index contributed by atoms with van der Waals surface area (Å²) in [6, 6.07) is 7.15. The van der Waals surface area contributed by atoms with Gasteiger partial charge in [0.25, 0.3) is 0 Å². The smallest absolute Gasteiger partial charge is 0.115 e. The van der Waals surface area contributed by atoms with E-state index in [1.54, 1.807) is 21.0 Å². The van der Waals surface area contributed by atoms with Gasteiger partial charge in [-0.15, -0.1) is 0 Å². The molecule has 0 heterocycles. The molecule has 1 N–H and O–H groups in total. The zero-order chi connectivity index (χ0) is 12.9. The van der Waals surface area contributed by atoms with Gasteiger partial charge < -0.3 is 5.11 Å². The zero-order valence-corrected chi connectivity index (χ0v) is 14.4. The molecular weight excluding hydrogens is 315 g/mol. The number of unbranched alkanes of at least 4 members (excludes halogenated alkanes) is 2. The van der Waals surface area contributed by atoms with Crippen LogP contribution < -0.4 is 0 Å². The van der Waals surface area contributed by atoms with E-state index in [9.17, 15) is 0 Å². The van der Waals surface area contributed by atoms with Gasteiger partial charge in [0, 0.05) is 0 Å². The van der Waals surface area contributed by atoms with Gasteiger partial charge in [-0.05, 0) is 24.6 Å². The summed E-state index contributed by atoms with van der Waals surface area (Å²) >= 11 is 0.149. The van der Waals surface area contributed by atoms with E-state index in [1.807, 2.05) is 19.1 Å². The second kappa shape index (κ2) is 12.3. The van der Waals surface area contributed by atoms with Crippen molar-refractivity contribution >= 4 is 21.1 Å². The van der Waals surface area contributed by atoms with Gasteiger partial charge in [-0.25, -0.2) is 0 Å². The molecule has 0 aliphatic heterocycles. The van der Waals surface area contributed by atoms with E-state index in [4.69, 9.17) is 5.11 Å². The molecule has 0 unspecified atom stereocenters. The molecular formula is C15H26OSn+2. The van der Waals surface area contributed by atoms with E-state index in [1.165, 1.54) is 25.7 Å². The third kappa shape index (κ3) is 12.1. The molecule has 1 rings (SSSR count). The van der Waals surface area contributed by atoms with Crippen molar-refractivity contribution in [3.8, 4) is 5.75 Å². The van der Waals surface area contributed by atoms with Gasteiger partial charge in [-0.2, -0.15) is 0 Å². The van der Waals surface area contributed by atoms with Crippen LogP contribution in [0.25, 0.3) is 0 Å². The van der Waals surface area contributed by atoms with Gasteiger partial charge in [-0.1, -0.05) is 12.1 Å². The number of benzene rings is 1. The maximum atomic E-state index is 8.81. The molecule has 0 bridgehead atoms. The fourth-order valence-corrected chi connectivity index (χ4v) is 5.52. The van der Waals surface area contributed by atoms with E-state index in [0.29, 0.717) is 5.75 Å². The Bertz CT molecular complexity index is 250. The Morgan fingerprint density at radius 3 is 2.00 bits per heavy atom. The number of hydrogen-bond donors (Lipinski definition) is 1. The van der Waals surface area contributed by atoms with Crippen molar-refractivity contribution in [3.63, 3.8) is 0 Å². The van der Waals surface area contributed by atoms with Crippen molar-refractivity contribution in [1.29, 1.82) is 0 Å². The molecule has 0 radical (unpaired) electrons. The first-order valence-corrected chi connectivity index (χ1v) is 10.7. The predicted molar refractivity (Wildman–Crippen MR) is 78.0 cm³/mol. The second-order valence-corrected chi connectivity index (χ2v) is 8.58. The number of phenolic OH excluding ortho intramolecular Hbond substituents is 1. The Balaban J connectivity index is 0.000000302. The molecule has 17 heavy (non-hydrogen) atoms. The third-order valence-electron chi connectivity index (χ3n) is 2.42. The SMILES string of the molecule is CCC[CH2][Sn+2][CH2]CCC.Cc1cccc(O)c1. The van der Waals surface area contributed by atoms with Crippen LogP contribution in [0, 0.1) is 6.92 Å². The van der Waals surface area contributed by atoms with Crippen LogP contribution in [0.5, 0.6) is 5.75 Å². The minimum atomic E-state index is 0.149. The molecule has 94 valence electrons. The third-order valence-corrected chi connectivity index (χ3v) is 6.45. The molecule has 1 aromatic rings. The molecule has 0 spiro atoms. The minimum Gasteiger partial charge on any atom is -0.508 e. The fraction of sp³-hybridized carbons (Fsp3) is 0.600. The largest absolute Gasteiger partial charge is 0.508 e. The summed E-state index contributed by atoms with van der Waals surface area (Å²) in [7, 11) is 0. The molecule has 1 nitrogen and oxygen atoms in total. The van der Waals surface area contributed by atoms with Crippen molar-refractivity contribution in [2.45, 2.75) is 55.3 Å². The van der Waals surface area contributed by atoms with E-state index >= 15 is 0 Å². The van der Waals surface area contributed by atoms with Gasteiger partial charge in [0.2, 0.25) is 0 Å². The topological polar surface area (TPSA) is 20.2 Å². The van der Waals surface area contributed by atoms with Crippen LogP contribution in [-0.2, 0) is 0 Å². The standard InChI is InChI=1S/C7H8O.2C4H9.Sn/c1-6-3-2-4-7(8)5-6;2*1-3-4-2;/h2-5,8H,1H3;2*1,3-4H2,2H3;/q;;;+2. The molecule has 0 amide bonds. The van der Waals surface area contributed by atoms with Gasteiger partial charge in [0.1, 0.15) is 5.75 Å². The molecule has 1 aromatic carbocycles. The van der Waals surface area contributed by atoms with Gasteiger partial charge in [0.05, 0.1) is 0 Å². The molecule has 2 heteroatoms. The number of phenols is 1. The number of hydrogen-bond acceptors (Lipinski definition) is 1. The van der Waals surface area contributed by atoms with E-state index in [-0.39, 0.29) is 21.1 Å². The first-order valence-electron chi connectivity index (χ1n) is 6.67. The number of aryl methyl sites for hydroxylation is 1. The number of rotatable bonds is 6. The Hall–Kier alpha value is -0.181. The molecule has 0 aliphatic rings. The van der Waals surface area contributed by atoms with Crippen molar-refractivity contribution < 1.29 is 5.11 Å². The minimum absolute atomic E-state index is 0.149. The molecule has 0 saturated heterocycles. The van der Waals surface area contributed by atoms with Crippen LogP contribution in [-0.4, -0.2) is 26.2 Å². The summed E-state index contributed by atoms with van der Waals surface area (Å²) in [6.07, 6.45) is 5.84. The van der Waals surface area contributed by atoms with Crippen molar-refractivity contribution in [1.82, 2.24) is 0 Å².